The lowest BCUT2D eigenvalue weighted by molar-refractivity contribution is -0.117. The van der Waals surface area contributed by atoms with E-state index in [0.717, 1.165) is 17.6 Å². The Balaban J connectivity index is 0. The topological polar surface area (TPSA) is 55.1 Å². The van der Waals surface area contributed by atoms with E-state index in [9.17, 15) is 4.79 Å². The smallest absolute Gasteiger partial charge is 0.246 e. The molecular formula is C9H19ClN2O. The number of carbonyl (C=O) groups is 1. The van der Waals surface area contributed by atoms with Crippen LogP contribution in [0.15, 0.2) is 11.1 Å². The highest BCUT2D eigenvalue weighted by Crippen LogP contribution is 2.00. The summed E-state index contributed by atoms with van der Waals surface area (Å²) in [6, 6.07) is 0. The van der Waals surface area contributed by atoms with Gasteiger partial charge in [0.25, 0.3) is 0 Å². The lowest BCUT2D eigenvalue weighted by Gasteiger charge is -2.05. The zero-order valence-corrected chi connectivity index (χ0v) is 9.33. The first kappa shape index (κ1) is 15.0. The lowest BCUT2D eigenvalue weighted by atomic mass is 10.1. The molecule has 0 saturated heterocycles. The normalized spacial score (nSPS) is 8.62. The van der Waals surface area contributed by atoms with Crippen molar-refractivity contribution in [1.82, 2.24) is 5.32 Å². The molecule has 3 N–H and O–H groups in total. The Kier molecular flexibility index (Phi) is 9.29. The number of halogens is 1. The number of hydrogen-bond donors (Lipinski definition) is 2. The number of carbonyl (C=O) groups excluding carboxylic acids is 1. The van der Waals surface area contributed by atoms with Crippen LogP contribution in [0, 0.1) is 0 Å². The standard InChI is InChI=1S/C9H18N2O.ClH/c1-7(2)8(3)9(12)11-6-4-5-10;/h4-6,10H2,1-3H3,(H,11,12);1H. The molecule has 0 fully saturated rings. The number of hydrogen-bond acceptors (Lipinski definition) is 2. The van der Waals surface area contributed by atoms with Crippen molar-refractivity contribution in [3.8, 4) is 0 Å². The van der Waals surface area contributed by atoms with Crippen LogP contribution in [0.4, 0.5) is 0 Å². The Labute approximate surface area is 86.2 Å². The first-order chi connectivity index (χ1) is 5.59. The molecule has 0 rings (SSSR count). The second-order valence-electron chi connectivity index (χ2n) is 3.02. The molecule has 0 radical (unpaired) electrons. The van der Waals surface area contributed by atoms with Crippen LogP contribution in [-0.2, 0) is 4.79 Å². The minimum absolute atomic E-state index is 0. The van der Waals surface area contributed by atoms with Crippen molar-refractivity contribution in [1.29, 1.82) is 0 Å². The average molecular weight is 207 g/mol. The molecule has 13 heavy (non-hydrogen) atoms. The van der Waals surface area contributed by atoms with Crippen molar-refractivity contribution >= 4 is 18.3 Å². The van der Waals surface area contributed by atoms with Crippen LogP contribution >= 0.6 is 12.4 Å². The van der Waals surface area contributed by atoms with Gasteiger partial charge in [-0.25, -0.2) is 0 Å². The van der Waals surface area contributed by atoms with Crippen LogP contribution in [0.1, 0.15) is 27.2 Å². The van der Waals surface area contributed by atoms with Gasteiger partial charge in [-0.3, -0.25) is 4.79 Å². The molecule has 0 aromatic carbocycles. The average Bonchev–Trinajstić information content (AvgIpc) is 2.03. The molecule has 0 aliphatic heterocycles. The monoisotopic (exact) mass is 206 g/mol. The third-order valence-electron chi connectivity index (χ3n) is 1.76. The second kappa shape index (κ2) is 8.08. The summed E-state index contributed by atoms with van der Waals surface area (Å²) in [4.78, 5) is 11.2. The molecule has 0 aromatic rings. The SMILES string of the molecule is CC(C)=C(C)C(=O)NCCCN.Cl. The van der Waals surface area contributed by atoms with Crippen molar-refractivity contribution in [3.05, 3.63) is 11.1 Å². The van der Waals surface area contributed by atoms with Crippen LogP contribution in [0.25, 0.3) is 0 Å². The van der Waals surface area contributed by atoms with E-state index < -0.39 is 0 Å². The van der Waals surface area contributed by atoms with Crippen LogP contribution in [0.2, 0.25) is 0 Å². The van der Waals surface area contributed by atoms with E-state index in [0.29, 0.717) is 13.1 Å². The molecule has 4 heteroatoms. The van der Waals surface area contributed by atoms with E-state index >= 15 is 0 Å². The van der Waals surface area contributed by atoms with Gasteiger partial charge < -0.3 is 11.1 Å². The highest BCUT2D eigenvalue weighted by atomic mass is 35.5. The van der Waals surface area contributed by atoms with Crippen molar-refractivity contribution in [3.63, 3.8) is 0 Å². The fourth-order valence-electron chi connectivity index (χ4n) is 0.664. The quantitative estimate of drug-likeness (QED) is 0.537. The van der Waals surface area contributed by atoms with Crippen LogP contribution in [-0.4, -0.2) is 19.0 Å². The third kappa shape index (κ3) is 6.61. The molecule has 0 unspecified atom stereocenters. The largest absolute Gasteiger partial charge is 0.352 e. The lowest BCUT2D eigenvalue weighted by Crippen LogP contribution is -2.26. The molecule has 0 aliphatic carbocycles. The summed E-state index contributed by atoms with van der Waals surface area (Å²) >= 11 is 0. The van der Waals surface area contributed by atoms with Gasteiger partial charge in [0.15, 0.2) is 0 Å². The Hall–Kier alpha value is -0.540. The number of nitrogens with two attached hydrogens (primary N) is 1. The van der Waals surface area contributed by atoms with Crippen LogP contribution in [0.3, 0.4) is 0 Å². The molecule has 0 saturated carbocycles. The van der Waals surface area contributed by atoms with E-state index in [1.54, 1.807) is 0 Å². The number of allylic oxidation sites excluding steroid dienone is 1. The molecule has 0 bridgehead atoms. The molecule has 0 heterocycles. The van der Waals surface area contributed by atoms with Gasteiger partial charge in [0.05, 0.1) is 0 Å². The molecule has 0 atom stereocenters. The predicted octanol–water partition coefficient (Wildman–Crippen LogP) is 1.23. The zero-order valence-electron chi connectivity index (χ0n) is 8.52. The summed E-state index contributed by atoms with van der Waals surface area (Å²) < 4.78 is 0. The Morgan fingerprint density at radius 2 is 1.85 bits per heavy atom. The first-order valence-electron chi connectivity index (χ1n) is 4.22. The zero-order chi connectivity index (χ0) is 9.56. The molecule has 1 amide bonds. The summed E-state index contributed by atoms with van der Waals surface area (Å²) in [6.45, 7) is 6.97. The van der Waals surface area contributed by atoms with Gasteiger partial charge in [-0.15, -0.1) is 12.4 Å². The number of rotatable bonds is 4. The highest BCUT2D eigenvalue weighted by molar-refractivity contribution is 5.93. The Morgan fingerprint density at radius 1 is 1.31 bits per heavy atom. The van der Waals surface area contributed by atoms with Gasteiger partial charge in [0.1, 0.15) is 0 Å². The fraction of sp³-hybridized carbons (Fsp3) is 0.667. The second-order valence-corrected chi connectivity index (χ2v) is 3.02. The third-order valence-corrected chi connectivity index (χ3v) is 1.76. The van der Waals surface area contributed by atoms with Gasteiger partial charge >= 0.3 is 0 Å². The summed E-state index contributed by atoms with van der Waals surface area (Å²) in [7, 11) is 0. The fourth-order valence-corrected chi connectivity index (χ4v) is 0.664. The van der Waals surface area contributed by atoms with Crippen LogP contribution in [0.5, 0.6) is 0 Å². The van der Waals surface area contributed by atoms with Crippen LogP contribution < -0.4 is 11.1 Å². The summed E-state index contributed by atoms with van der Waals surface area (Å²) in [6.07, 6.45) is 0.835. The van der Waals surface area contributed by atoms with Crippen molar-refractivity contribution < 1.29 is 4.79 Å². The molecule has 78 valence electrons. The molecule has 0 aromatic heterocycles. The van der Waals surface area contributed by atoms with E-state index in [2.05, 4.69) is 5.32 Å². The van der Waals surface area contributed by atoms with Gasteiger partial charge in [0, 0.05) is 12.1 Å². The Bertz CT molecular complexity index is 186. The maximum absolute atomic E-state index is 11.2. The minimum Gasteiger partial charge on any atom is -0.352 e. The maximum Gasteiger partial charge on any atom is 0.246 e. The predicted molar refractivity (Wildman–Crippen MR) is 58.0 cm³/mol. The van der Waals surface area contributed by atoms with E-state index in [1.807, 2.05) is 20.8 Å². The van der Waals surface area contributed by atoms with E-state index in [1.165, 1.54) is 0 Å². The van der Waals surface area contributed by atoms with Gasteiger partial charge in [-0.1, -0.05) is 5.57 Å². The molecular weight excluding hydrogens is 188 g/mol. The van der Waals surface area contributed by atoms with Gasteiger partial charge in [-0.05, 0) is 33.7 Å². The van der Waals surface area contributed by atoms with Gasteiger partial charge in [-0.2, -0.15) is 0 Å². The van der Waals surface area contributed by atoms with Gasteiger partial charge in [0.2, 0.25) is 5.91 Å². The first-order valence-corrected chi connectivity index (χ1v) is 4.22. The summed E-state index contributed by atoms with van der Waals surface area (Å²) in [5.41, 5.74) is 7.14. The molecule has 0 aliphatic rings. The number of amides is 1. The molecule has 0 spiro atoms. The summed E-state index contributed by atoms with van der Waals surface area (Å²) in [5, 5.41) is 2.79. The van der Waals surface area contributed by atoms with E-state index in [-0.39, 0.29) is 18.3 Å². The van der Waals surface area contributed by atoms with Crippen molar-refractivity contribution in [2.75, 3.05) is 13.1 Å². The van der Waals surface area contributed by atoms with E-state index in [4.69, 9.17) is 5.73 Å². The molecule has 3 nitrogen and oxygen atoms in total. The summed E-state index contributed by atoms with van der Waals surface area (Å²) in [5.74, 6) is 0.0171. The number of nitrogens with one attached hydrogen (secondary N) is 1. The minimum atomic E-state index is 0. The maximum atomic E-state index is 11.2. The Morgan fingerprint density at radius 3 is 2.23 bits per heavy atom. The highest BCUT2D eigenvalue weighted by Gasteiger charge is 2.03. The van der Waals surface area contributed by atoms with Crippen molar-refractivity contribution in [2.24, 2.45) is 5.73 Å². The van der Waals surface area contributed by atoms with Crippen molar-refractivity contribution in [2.45, 2.75) is 27.2 Å².